The van der Waals surface area contributed by atoms with Crippen LogP contribution in [0.25, 0.3) is 10.9 Å². The van der Waals surface area contributed by atoms with Crippen molar-refractivity contribution in [2.75, 3.05) is 39.7 Å². The highest BCUT2D eigenvalue weighted by molar-refractivity contribution is 6.29. The maximum atomic E-state index is 11.7. The van der Waals surface area contributed by atoms with Crippen molar-refractivity contribution in [2.45, 2.75) is 0 Å². The summed E-state index contributed by atoms with van der Waals surface area (Å²) in [5, 5.41) is 1.44. The van der Waals surface area contributed by atoms with Crippen molar-refractivity contribution in [3.63, 3.8) is 0 Å². The second-order valence-electron chi connectivity index (χ2n) is 4.25. The van der Waals surface area contributed by atoms with Crippen molar-refractivity contribution in [1.82, 2.24) is 4.98 Å². The topological polar surface area (TPSA) is 40.6 Å². The summed E-state index contributed by atoms with van der Waals surface area (Å²) in [6.45, 7) is 1.38. The van der Waals surface area contributed by atoms with Gasteiger partial charge in [-0.2, -0.15) is 0 Å². The second-order valence-corrected chi connectivity index (χ2v) is 4.64. The van der Waals surface area contributed by atoms with E-state index in [1.54, 1.807) is 6.07 Å². The summed E-state index contributed by atoms with van der Waals surface area (Å²) in [6, 6.07) is 9.26. The fourth-order valence-corrected chi connectivity index (χ4v) is 1.92. The molecule has 0 aliphatic carbocycles. The van der Waals surface area contributed by atoms with Gasteiger partial charge in [0.1, 0.15) is 24.2 Å². The number of benzene rings is 1. The average Bonchev–Trinajstić information content (AvgIpc) is 2.50. The van der Waals surface area contributed by atoms with Gasteiger partial charge < -0.3 is 14.2 Å². The number of alkyl halides is 1. The molecule has 4 nitrogen and oxygen atoms in total. The van der Waals surface area contributed by atoms with E-state index in [-0.39, 0.29) is 6.61 Å². The minimum atomic E-state index is -0.467. The average molecular weight is 314 g/mol. The van der Waals surface area contributed by atoms with Gasteiger partial charge in [-0.25, -0.2) is 9.37 Å². The van der Waals surface area contributed by atoms with Crippen LogP contribution >= 0.6 is 11.6 Å². The molecule has 1 heterocycles. The first-order chi connectivity index (χ1) is 10.3. The predicted molar refractivity (Wildman–Crippen MR) is 79.9 cm³/mol. The van der Waals surface area contributed by atoms with Crippen LogP contribution in [-0.4, -0.2) is 44.7 Å². The van der Waals surface area contributed by atoms with E-state index >= 15 is 0 Å². The molecule has 0 amide bonds. The zero-order valence-electron chi connectivity index (χ0n) is 11.6. The van der Waals surface area contributed by atoms with Gasteiger partial charge in [0.05, 0.1) is 31.9 Å². The van der Waals surface area contributed by atoms with E-state index in [1.807, 2.05) is 24.3 Å². The van der Waals surface area contributed by atoms with Crippen molar-refractivity contribution in [3.05, 3.63) is 35.5 Å². The molecule has 0 aliphatic rings. The summed E-state index contributed by atoms with van der Waals surface area (Å²) in [5.41, 5.74) is 0.830. The van der Waals surface area contributed by atoms with E-state index in [4.69, 9.17) is 25.8 Å². The van der Waals surface area contributed by atoms with Crippen molar-refractivity contribution in [1.29, 1.82) is 0 Å². The Bertz CT molecular complexity index is 568. The van der Waals surface area contributed by atoms with Crippen LogP contribution in [0.5, 0.6) is 5.75 Å². The van der Waals surface area contributed by atoms with Gasteiger partial charge in [-0.3, -0.25) is 0 Å². The van der Waals surface area contributed by atoms with Gasteiger partial charge in [0, 0.05) is 5.39 Å². The molecule has 0 fully saturated rings. The van der Waals surface area contributed by atoms with Gasteiger partial charge in [-0.05, 0) is 30.3 Å². The Morgan fingerprint density at radius 3 is 2.52 bits per heavy atom. The molecule has 0 N–H and O–H groups in total. The number of halogens is 2. The number of ether oxygens (including phenoxy) is 3. The second kappa shape index (κ2) is 8.77. The Labute approximate surface area is 127 Å². The molecule has 21 heavy (non-hydrogen) atoms. The van der Waals surface area contributed by atoms with E-state index in [9.17, 15) is 4.39 Å². The first-order valence-electron chi connectivity index (χ1n) is 6.70. The van der Waals surface area contributed by atoms with E-state index < -0.39 is 6.67 Å². The number of aromatic nitrogens is 1. The largest absolute Gasteiger partial charge is 0.491 e. The minimum absolute atomic E-state index is 0.120. The van der Waals surface area contributed by atoms with E-state index in [1.165, 1.54) is 0 Å². The highest BCUT2D eigenvalue weighted by Gasteiger charge is 2.00. The summed E-state index contributed by atoms with van der Waals surface area (Å²) in [7, 11) is 0. The van der Waals surface area contributed by atoms with E-state index in [2.05, 4.69) is 4.98 Å². The van der Waals surface area contributed by atoms with Crippen molar-refractivity contribution < 1.29 is 18.6 Å². The third kappa shape index (κ3) is 5.46. The number of nitrogens with zero attached hydrogens (tertiary/aromatic N) is 1. The standard InChI is InChI=1S/C15H17ClFNO3/c16-15-4-1-12-11-13(2-3-14(12)18-15)21-10-9-20-8-7-19-6-5-17/h1-4,11H,5-10H2. The van der Waals surface area contributed by atoms with Crippen LogP contribution in [0.2, 0.25) is 5.15 Å². The normalized spacial score (nSPS) is 11.0. The van der Waals surface area contributed by atoms with Crippen molar-refractivity contribution in [2.24, 2.45) is 0 Å². The molecule has 1 aromatic heterocycles. The lowest BCUT2D eigenvalue weighted by Gasteiger charge is -2.08. The Kier molecular flexibility index (Phi) is 6.66. The molecule has 0 atom stereocenters. The molecule has 1 aromatic carbocycles. The van der Waals surface area contributed by atoms with Gasteiger partial charge in [0.15, 0.2) is 0 Å². The third-order valence-electron chi connectivity index (χ3n) is 2.72. The first-order valence-corrected chi connectivity index (χ1v) is 7.08. The fraction of sp³-hybridized carbons (Fsp3) is 0.400. The number of rotatable bonds is 9. The Morgan fingerprint density at radius 2 is 1.71 bits per heavy atom. The molecule has 0 bridgehead atoms. The molecule has 0 radical (unpaired) electrons. The molecule has 0 aliphatic heterocycles. The summed E-state index contributed by atoms with van der Waals surface area (Å²) in [6.07, 6.45) is 0. The molecule has 114 valence electrons. The van der Waals surface area contributed by atoms with Crippen LogP contribution in [0.3, 0.4) is 0 Å². The Hall–Kier alpha value is -1.43. The fourth-order valence-electron chi connectivity index (χ4n) is 1.76. The monoisotopic (exact) mass is 313 g/mol. The number of pyridine rings is 1. The van der Waals surface area contributed by atoms with Crippen LogP contribution in [-0.2, 0) is 9.47 Å². The number of hydrogen-bond donors (Lipinski definition) is 0. The highest BCUT2D eigenvalue weighted by atomic mass is 35.5. The van der Waals surface area contributed by atoms with Gasteiger partial charge in [0.2, 0.25) is 0 Å². The summed E-state index contributed by atoms with van der Waals surface area (Å²) < 4.78 is 27.6. The first kappa shape index (κ1) is 15.9. The zero-order chi connectivity index (χ0) is 14.9. The van der Waals surface area contributed by atoms with E-state index in [0.717, 1.165) is 16.7 Å². The molecule has 6 heteroatoms. The molecule has 2 aromatic rings. The van der Waals surface area contributed by atoms with Crippen LogP contribution in [0.1, 0.15) is 0 Å². The van der Waals surface area contributed by atoms with Crippen LogP contribution in [0.4, 0.5) is 4.39 Å². The lowest BCUT2D eigenvalue weighted by atomic mass is 10.2. The SMILES string of the molecule is FCCOCCOCCOc1ccc2nc(Cl)ccc2c1. The van der Waals surface area contributed by atoms with Gasteiger partial charge >= 0.3 is 0 Å². The van der Waals surface area contributed by atoms with Gasteiger partial charge in [-0.15, -0.1) is 0 Å². The molecular weight excluding hydrogens is 297 g/mol. The predicted octanol–water partition coefficient (Wildman–Crippen LogP) is 3.27. The number of fused-ring (bicyclic) bond motifs is 1. The van der Waals surface area contributed by atoms with Crippen LogP contribution in [0.15, 0.2) is 30.3 Å². The maximum Gasteiger partial charge on any atom is 0.129 e. The van der Waals surface area contributed by atoms with Crippen molar-refractivity contribution in [3.8, 4) is 5.75 Å². The van der Waals surface area contributed by atoms with Gasteiger partial charge in [-0.1, -0.05) is 11.6 Å². The molecule has 2 rings (SSSR count). The van der Waals surface area contributed by atoms with Gasteiger partial charge in [0.25, 0.3) is 0 Å². The molecule has 0 saturated carbocycles. The Balaban J connectivity index is 1.70. The Morgan fingerprint density at radius 1 is 0.952 bits per heavy atom. The quantitative estimate of drug-likeness (QED) is 0.526. The summed E-state index contributed by atoms with van der Waals surface area (Å²) in [5.74, 6) is 0.754. The summed E-state index contributed by atoms with van der Waals surface area (Å²) >= 11 is 5.83. The van der Waals surface area contributed by atoms with Crippen molar-refractivity contribution >= 4 is 22.5 Å². The molecule has 0 spiro atoms. The summed E-state index contributed by atoms with van der Waals surface area (Å²) in [4.78, 5) is 4.21. The molecule has 0 unspecified atom stereocenters. The smallest absolute Gasteiger partial charge is 0.129 e. The lowest BCUT2D eigenvalue weighted by molar-refractivity contribution is 0.0325. The lowest BCUT2D eigenvalue weighted by Crippen LogP contribution is -2.11. The maximum absolute atomic E-state index is 11.7. The number of hydrogen-bond acceptors (Lipinski definition) is 4. The van der Waals surface area contributed by atoms with E-state index in [0.29, 0.717) is 31.6 Å². The third-order valence-corrected chi connectivity index (χ3v) is 2.93. The minimum Gasteiger partial charge on any atom is -0.491 e. The zero-order valence-corrected chi connectivity index (χ0v) is 12.3. The highest BCUT2D eigenvalue weighted by Crippen LogP contribution is 2.21. The molecule has 0 saturated heterocycles. The van der Waals surface area contributed by atoms with Crippen LogP contribution in [0, 0.1) is 0 Å². The molecular formula is C15H17ClFNO3. The van der Waals surface area contributed by atoms with Crippen LogP contribution < -0.4 is 4.74 Å².